The van der Waals surface area contributed by atoms with E-state index in [0.717, 1.165) is 41.5 Å². The Bertz CT molecular complexity index is 2550. The van der Waals surface area contributed by atoms with Crippen LogP contribution in [0, 0.1) is 5.92 Å². The average Bonchev–Trinajstić information content (AvgIpc) is 4.22. The van der Waals surface area contributed by atoms with Crippen LogP contribution in [0.3, 0.4) is 0 Å². The number of aromatic amines is 2. The molecular formula is C50H67N13O10S. The second-order valence-corrected chi connectivity index (χ2v) is 19.8. The minimum absolute atomic E-state index is 0.0208. The number of fused-ring (bicyclic) bond motifs is 2. The first-order chi connectivity index (χ1) is 35.8. The maximum absolute atomic E-state index is 14.3. The number of nitrogens with two attached hydrogens (primary N) is 1. The van der Waals surface area contributed by atoms with Gasteiger partial charge in [0.2, 0.25) is 47.3 Å². The molecule has 4 aromatic rings. The van der Waals surface area contributed by atoms with Crippen LogP contribution in [0.4, 0.5) is 4.79 Å². The van der Waals surface area contributed by atoms with Crippen molar-refractivity contribution in [2.45, 2.75) is 119 Å². The van der Waals surface area contributed by atoms with Crippen molar-refractivity contribution in [3.63, 3.8) is 0 Å². The van der Waals surface area contributed by atoms with Crippen LogP contribution in [0.2, 0.25) is 0 Å². The number of benzene rings is 2. The minimum atomic E-state index is -1.30. The molecule has 2 fully saturated rings. The van der Waals surface area contributed by atoms with Crippen molar-refractivity contribution in [2.75, 3.05) is 25.4 Å². The van der Waals surface area contributed by atoms with Crippen molar-refractivity contribution in [3.8, 4) is 0 Å². The molecule has 74 heavy (non-hydrogen) atoms. The van der Waals surface area contributed by atoms with E-state index >= 15 is 0 Å². The molecule has 2 aliphatic heterocycles. The summed E-state index contributed by atoms with van der Waals surface area (Å²) >= 11 is 1.83. The van der Waals surface area contributed by atoms with Gasteiger partial charge in [-0.3, -0.25) is 43.6 Å². The Morgan fingerprint density at radius 2 is 1.49 bits per heavy atom. The number of H-pyrrole nitrogens is 2. The molecule has 2 aliphatic rings. The molecule has 2 aromatic heterocycles. The molecule has 0 saturated carbocycles. The monoisotopic (exact) mass is 1040 g/mol. The summed E-state index contributed by atoms with van der Waals surface area (Å²) in [4.78, 5) is 126. The minimum Gasteiger partial charge on any atom is -0.368 e. The Hall–Kier alpha value is -7.47. The van der Waals surface area contributed by atoms with E-state index in [1.165, 1.54) is 12.5 Å². The van der Waals surface area contributed by atoms with Crippen LogP contribution in [0.25, 0.3) is 10.9 Å². The molecule has 23 nitrogen and oxygen atoms in total. The molecule has 7 atom stereocenters. The largest absolute Gasteiger partial charge is 0.368 e. The van der Waals surface area contributed by atoms with Gasteiger partial charge in [0.05, 0.1) is 31.5 Å². The van der Waals surface area contributed by atoms with E-state index in [0.29, 0.717) is 55.2 Å². The first-order valence-electron chi connectivity index (χ1n) is 24.9. The van der Waals surface area contributed by atoms with Gasteiger partial charge in [-0.05, 0) is 68.6 Å². The molecule has 2 aromatic carbocycles. The molecule has 0 radical (unpaired) electrons. The number of rotatable bonds is 31. The molecule has 10 amide bonds. The highest BCUT2D eigenvalue weighted by molar-refractivity contribution is 8.00. The molecule has 1 unspecified atom stereocenters. The molecule has 0 bridgehead atoms. The molecule has 0 aliphatic carbocycles. The smallest absolute Gasteiger partial charge is 0.315 e. The van der Waals surface area contributed by atoms with Crippen molar-refractivity contribution < 1.29 is 48.4 Å². The molecule has 0 spiro atoms. The number of hydroxylamine groups is 1. The van der Waals surface area contributed by atoms with Crippen molar-refractivity contribution in [1.82, 2.24) is 63.0 Å². The number of imidazole rings is 1. The van der Waals surface area contributed by atoms with E-state index < -0.39 is 78.5 Å². The van der Waals surface area contributed by atoms with E-state index in [4.69, 9.17) is 5.73 Å². The van der Waals surface area contributed by atoms with Crippen molar-refractivity contribution in [3.05, 3.63) is 90.1 Å². The Morgan fingerprint density at radius 3 is 2.26 bits per heavy atom. The van der Waals surface area contributed by atoms with E-state index in [1.807, 2.05) is 66.4 Å². The predicted octanol–water partition coefficient (Wildman–Crippen LogP) is 0.395. The van der Waals surface area contributed by atoms with Gasteiger partial charge in [0.25, 0.3) is 0 Å². The first-order valence-corrected chi connectivity index (χ1v) is 26.0. The number of thioether (sulfide) groups is 1. The van der Waals surface area contributed by atoms with Crippen molar-refractivity contribution >= 4 is 76.0 Å². The molecule has 2 saturated heterocycles. The fourth-order valence-electron chi connectivity index (χ4n) is 9.04. The number of carbonyl (C=O) groups is 9. The maximum atomic E-state index is 14.3. The number of para-hydroxylation sites is 1. The fourth-order valence-corrected chi connectivity index (χ4v) is 10.6. The number of aryl methyl sites for hydroxylation is 1. The van der Waals surface area contributed by atoms with Crippen molar-refractivity contribution in [2.24, 2.45) is 11.7 Å². The highest BCUT2D eigenvalue weighted by atomic mass is 32.2. The summed E-state index contributed by atoms with van der Waals surface area (Å²) in [6, 6.07) is 13.5. The number of hydrogen-bond acceptors (Lipinski definition) is 12. The van der Waals surface area contributed by atoms with Gasteiger partial charge in [0, 0.05) is 78.1 Å². The summed E-state index contributed by atoms with van der Waals surface area (Å²) in [5.74, 6) is -5.28. The van der Waals surface area contributed by atoms with Crippen LogP contribution >= 0.6 is 11.8 Å². The summed E-state index contributed by atoms with van der Waals surface area (Å²) < 4.78 is 0. The lowest BCUT2D eigenvalue weighted by Crippen LogP contribution is -2.56. The summed E-state index contributed by atoms with van der Waals surface area (Å²) in [5, 5.41) is 32.1. The van der Waals surface area contributed by atoms with E-state index in [-0.39, 0.29) is 56.1 Å². The third kappa shape index (κ3) is 17.6. The highest BCUT2D eigenvalue weighted by Gasteiger charge is 2.42. The van der Waals surface area contributed by atoms with Gasteiger partial charge in [-0.1, -0.05) is 55.0 Å². The summed E-state index contributed by atoms with van der Waals surface area (Å²) in [6.45, 7) is -0.771. The quantitative estimate of drug-likeness (QED) is 0.0141. The number of aromatic nitrogens is 3. The molecule has 4 heterocycles. The van der Waals surface area contributed by atoms with Gasteiger partial charge in [-0.25, -0.2) is 15.3 Å². The number of nitrogens with zero attached hydrogens (tertiary/aromatic N) is 1. The lowest BCUT2D eigenvalue weighted by molar-refractivity contribution is -0.137. The second kappa shape index (κ2) is 28.7. The van der Waals surface area contributed by atoms with Crippen LogP contribution in [0.1, 0.15) is 81.0 Å². The van der Waals surface area contributed by atoms with Crippen LogP contribution in [0.15, 0.2) is 73.3 Å². The molecule has 6 rings (SSSR count). The van der Waals surface area contributed by atoms with Gasteiger partial charge in [-0.2, -0.15) is 11.8 Å². The zero-order valence-corrected chi connectivity index (χ0v) is 41.9. The van der Waals surface area contributed by atoms with Crippen molar-refractivity contribution in [1.29, 1.82) is 0 Å². The van der Waals surface area contributed by atoms with Gasteiger partial charge >= 0.3 is 6.03 Å². The van der Waals surface area contributed by atoms with Crippen LogP contribution < -0.4 is 53.7 Å². The second-order valence-electron chi connectivity index (χ2n) is 18.5. The van der Waals surface area contributed by atoms with Crippen LogP contribution in [-0.4, -0.2) is 134 Å². The average molecular weight is 1040 g/mol. The SMILES string of the molecule is NC(=O)[C@H](CCCCNC(=O)CCCC[C@@H]1SC[C@@H]2NC(=O)N[C@@H]21)NC(=O)CNC(=O)CNC(=O)[C@H](Cc1cnc[nH]1)NC(=O)[C@H](Cc1c[nH]c2ccccc12)NC(=O)C(CCCc1ccccc1)CC(=O)NO. The standard InChI is InChI=1S/C50H67N13O10S/c51-46(68)36(17-8-9-20-53-41(64)19-7-6-18-40-45-39(28-74-40)61-50(72)62-45)58-44(67)27-55-43(66)26-56-48(70)38(23-33-25-52-29-57-33)60-49(71)37(21-32-24-54-35-16-5-4-15-34(32)35)59-47(69)31(22-42(65)63-73)14-10-13-30-11-2-1-3-12-30/h1-5,11-12,15-16,24-25,29,31,36-40,45,54,73H,6-10,13-14,17-23,26-28H2,(H2,51,68)(H,52,57)(H,53,64)(H,55,66)(H,56,70)(H,58,67)(H,59,69)(H,60,71)(H,63,65)(H2,61,62,72)/t31?,36-,37-,38-,39-,40-,45-/m0/s1. The topological polar surface area (TPSA) is 353 Å². The lowest BCUT2D eigenvalue weighted by Gasteiger charge is -2.25. The Labute approximate surface area is 432 Å². The van der Waals surface area contributed by atoms with E-state index in [2.05, 4.69) is 57.5 Å². The van der Waals surface area contributed by atoms with Gasteiger partial charge in [0.15, 0.2) is 0 Å². The summed E-state index contributed by atoms with van der Waals surface area (Å²) in [5.41, 5.74) is 10.1. The van der Waals surface area contributed by atoms with E-state index in [9.17, 15) is 48.4 Å². The normalized spacial score (nSPS) is 17.3. The molecule has 14 N–H and O–H groups in total. The van der Waals surface area contributed by atoms with Gasteiger partial charge in [-0.15, -0.1) is 0 Å². The molecular weight excluding hydrogens is 975 g/mol. The number of unbranched alkanes of at least 4 members (excludes halogenated alkanes) is 2. The Balaban J connectivity index is 0.964. The summed E-state index contributed by atoms with van der Waals surface area (Å²) in [6.07, 6.45) is 9.52. The third-order valence-electron chi connectivity index (χ3n) is 13.0. The number of amides is 10. The predicted molar refractivity (Wildman–Crippen MR) is 274 cm³/mol. The van der Waals surface area contributed by atoms with Gasteiger partial charge in [0.1, 0.15) is 18.1 Å². The summed E-state index contributed by atoms with van der Waals surface area (Å²) in [7, 11) is 0. The number of hydrogen-bond donors (Lipinski definition) is 13. The molecule has 398 valence electrons. The Morgan fingerprint density at radius 1 is 0.730 bits per heavy atom. The lowest BCUT2D eigenvalue weighted by atomic mass is 9.94. The van der Waals surface area contributed by atoms with Crippen LogP contribution in [-0.2, 0) is 57.6 Å². The first kappa shape index (κ1) is 55.8. The zero-order chi connectivity index (χ0) is 52.8. The number of urea groups is 1. The van der Waals surface area contributed by atoms with Crippen LogP contribution in [0.5, 0.6) is 0 Å². The highest BCUT2D eigenvalue weighted by Crippen LogP contribution is 2.33. The number of primary amides is 1. The maximum Gasteiger partial charge on any atom is 0.315 e. The zero-order valence-electron chi connectivity index (χ0n) is 41.0. The Kier molecular flexibility index (Phi) is 21.6. The van der Waals surface area contributed by atoms with Gasteiger partial charge < -0.3 is 58.2 Å². The van der Waals surface area contributed by atoms with E-state index in [1.54, 1.807) is 11.7 Å². The number of nitrogens with one attached hydrogen (secondary N) is 11. The fraction of sp³-hybridized carbons (Fsp3) is 0.480. The number of carbonyl (C=O) groups excluding carboxylic acids is 9. The third-order valence-corrected chi connectivity index (χ3v) is 14.5. The molecule has 24 heteroatoms.